The number of aromatic nitrogens is 1. The van der Waals surface area contributed by atoms with Crippen LogP contribution < -0.4 is 5.32 Å². The van der Waals surface area contributed by atoms with Crippen molar-refractivity contribution in [3.8, 4) is 0 Å². The molecule has 2 heterocycles. The number of rotatable bonds is 7. The van der Waals surface area contributed by atoms with E-state index in [-0.39, 0.29) is 30.1 Å². The zero-order chi connectivity index (χ0) is 22.1. The lowest BCUT2D eigenvalue weighted by Crippen LogP contribution is -2.48. The maximum atomic E-state index is 12.4. The second kappa shape index (κ2) is 13.4. The van der Waals surface area contributed by atoms with Crippen molar-refractivity contribution in [2.75, 3.05) is 39.3 Å². The van der Waals surface area contributed by atoms with Gasteiger partial charge in [0.15, 0.2) is 5.96 Å². The van der Waals surface area contributed by atoms with Crippen LogP contribution in [0.25, 0.3) is 0 Å². The molecule has 2 rings (SSSR count). The summed E-state index contributed by atoms with van der Waals surface area (Å²) >= 11 is 1.75. The Labute approximate surface area is 209 Å². The minimum absolute atomic E-state index is 0. The molecule has 1 aliphatic rings. The topological polar surface area (TPSA) is 70.1 Å². The van der Waals surface area contributed by atoms with Crippen molar-refractivity contribution in [3.05, 3.63) is 16.1 Å². The monoisotopic (exact) mass is 565 g/mol. The van der Waals surface area contributed by atoms with Gasteiger partial charge in [-0.2, -0.15) is 0 Å². The van der Waals surface area contributed by atoms with Crippen LogP contribution in [0.5, 0.6) is 0 Å². The molecule has 1 fully saturated rings. The number of piperidine rings is 1. The molecule has 0 aromatic carbocycles. The van der Waals surface area contributed by atoms with Crippen LogP contribution in [-0.4, -0.2) is 71.7 Å². The molecule has 0 bridgehead atoms. The first-order chi connectivity index (χ1) is 14.2. The summed E-state index contributed by atoms with van der Waals surface area (Å²) in [4.78, 5) is 27.1. The van der Waals surface area contributed by atoms with E-state index in [4.69, 9.17) is 9.73 Å². The smallest absolute Gasteiger partial charge is 0.410 e. The zero-order valence-electron chi connectivity index (χ0n) is 19.9. The number of hydrogen-bond acceptors (Lipinski definition) is 5. The van der Waals surface area contributed by atoms with Gasteiger partial charge in [-0.15, -0.1) is 35.3 Å². The van der Waals surface area contributed by atoms with E-state index in [1.807, 2.05) is 38.8 Å². The molecule has 0 aliphatic carbocycles. The summed E-state index contributed by atoms with van der Waals surface area (Å²) in [5, 5.41) is 4.57. The van der Waals surface area contributed by atoms with Crippen molar-refractivity contribution in [2.24, 2.45) is 10.9 Å². The Bertz CT molecular complexity index is 696. The number of aliphatic imine (C=N–C) groups is 1. The number of nitrogens with one attached hydrogen (secondary N) is 1. The van der Waals surface area contributed by atoms with Crippen molar-refractivity contribution >= 4 is 47.4 Å². The van der Waals surface area contributed by atoms with Gasteiger partial charge in [0, 0.05) is 56.8 Å². The third kappa shape index (κ3) is 9.93. The lowest BCUT2D eigenvalue weighted by molar-refractivity contribution is 0.0214. The largest absolute Gasteiger partial charge is 0.444 e. The Morgan fingerprint density at radius 2 is 2.03 bits per heavy atom. The summed E-state index contributed by atoms with van der Waals surface area (Å²) in [6.07, 6.45) is 4.70. The van der Waals surface area contributed by atoms with Crippen molar-refractivity contribution < 1.29 is 9.53 Å². The van der Waals surface area contributed by atoms with Gasteiger partial charge < -0.3 is 19.9 Å². The Balaban J connectivity index is 0.00000480. The number of thiazole rings is 1. The van der Waals surface area contributed by atoms with Gasteiger partial charge in [-0.05, 0) is 60.3 Å². The maximum absolute atomic E-state index is 12.4. The Morgan fingerprint density at radius 1 is 1.35 bits per heavy atom. The van der Waals surface area contributed by atoms with Crippen molar-refractivity contribution in [3.63, 3.8) is 0 Å². The molecule has 0 unspecified atom stereocenters. The van der Waals surface area contributed by atoms with Gasteiger partial charge in [0.25, 0.3) is 0 Å². The number of carbonyl (C=O) groups excluding carboxylic acids is 1. The van der Waals surface area contributed by atoms with Gasteiger partial charge in [-0.1, -0.05) is 0 Å². The van der Waals surface area contributed by atoms with Crippen LogP contribution in [-0.2, 0) is 11.2 Å². The molecule has 1 aromatic rings. The first kappa shape index (κ1) is 27.9. The summed E-state index contributed by atoms with van der Waals surface area (Å²) in [7, 11) is 0. The highest BCUT2D eigenvalue weighted by Gasteiger charge is 2.27. The number of halogens is 1. The number of carbonyl (C=O) groups is 1. The molecule has 0 atom stereocenters. The molecule has 0 radical (unpaired) electrons. The van der Waals surface area contributed by atoms with E-state index in [0.717, 1.165) is 63.0 Å². The van der Waals surface area contributed by atoms with Crippen LogP contribution in [0.3, 0.4) is 0 Å². The van der Waals surface area contributed by atoms with Crippen LogP contribution in [0.1, 0.15) is 57.3 Å². The second-order valence-electron chi connectivity index (χ2n) is 8.80. The molecule has 0 saturated carbocycles. The predicted octanol–water partition coefficient (Wildman–Crippen LogP) is 4.55. The van der Waals surface area contributed by atoms with Gasteiger partial charge in [0.2, 0.25) is 0 Å². The average molecular weight is 566 g/mol. The molecule has 7 nitrogen and oxygen atoms in total. The minimum Gasteiger partial charge on any atom is -0.444 e. The molecule has 31 heavy (non-hydrogen) atoms. The van der Waals surface area contributed by atoms with Crippen LogP contribution >= 0.6 is 35.3 Å². The third-order valence-corrected chi connectivity index (χ3v) is 5.99. The average Bonchev–Trinajstić information content (AvgIpc) is 3.09. The summed E-state index contributed by atoms with van der Waals surface area (Å²) < 4.78 is 5.55. The minimum atomic E-state index is -0.456. The molecule has 9 heteroatoms. The van der Waals surface area contributed by atoms with E-state index < -0.39 is 5.60 Å². The highest BCUT2D eigenvalue weighted by atomic mass is 127. The van der Waals surface area contributed by atoms with Gasteiger partial charge >= 0.3 is 6.09 Å². The van der Waals surface area contributed by atoms with E-state index in [9.17, 15) is 4.79 Å². The standard InChI is InChI=1S/C22H39N5O2S.HI/c1-7-23-20(24-12-9-19-25-15-17(3)30-19)27-13-10-18(11-14-27)16-26(8-2)21(28)29-22(4,5)6;/h15,18H,7-14,16H2,1-6H3,(H,23,24);1H. The van der Waals surface area contributed by atoms with Crippen molar-refractivity contribution in [1.82, 2.24) is 20.1 Å². The molecular formula is C22H40IN5O2S. The molecule has 1 N–H and O–H groups in total. The number of aryl methyl sites for hydroxylation is 1. The van der Waals surface area contributed by atoms with Gasteiger partial charge in [-0.25, -0.2) is 9.78 Å². The van der Waals surface area contributed by atoms with Crippen LogP contribution in [0, 0.1) is 12.8 Å². The normalized spacial score (nSPS) is 15.4. The van der Waals surface area contributed by atoms with E-state index in [2.05, 4.69) is 29.0 Å². The molecular weight excluding hydrogens is 525 g/mol. The first-order valence-corrected chi connectivity index (χ1v) is 12.0. The summed E-state index contributed by atoms with van der Waals surface area (Å²) in [5.74, 6) is 1.48. The van der Waals surface area contributed by atoms with E-state index in [0.29, 0.717) is 12.5 Å². The Morgan fingerprint density at radius 3 is 2.55 bits per heavy atom. The van der Waals surface area contributed by atoms with Gasteiger partial charge in [0.1, 0.15) is 5.60 Å². The summed E-state index contributed by atoms with van der Waals surface area (Å²) in [6, 6.07) is 0. The Kier molecular flexibility index (Phi) is 12.1. The quantitative estimate of drug-likeness (QED) is 0.299. The molecule has 0 spiro atoms. The SMILES string of the molecule is CCNC(=NCCc1ncc(C)s1)N1CCC(CN(CC)C(=O)OC(C)(C)C)CC1.I. The van der Waals surface area contributed by atoms with Crippen LogP contribution in [0.4, 0.5) is 4.79 Å². The van der Waals surface area contributed by atoms with Crippen molar-refractivity contribution in [2.45, 2.75) is 66.4 Å². The lowest BCUT2D eigenvalue weighted by Gasteiger charge is -2.36. The number of guanidine groups is 1. The molecule has 1 aliphatic heterocycles. The van der Waals surface area contributed by atoms with E-state index in [1.165, 1.54) is 4.88 Å². The third-order valence-electron chi connectivity index (χ3n) is 5.02. The second-order valence-corrected chi connectivity index (χ2v) is 10.1. The summed E-state index contributed by atoms with van der Waals surface area (Å²) in [5.41, 5.74) is -0.456. The highest BCUT2D eigenvalue weighted by Crippen LogP contribution is 2.20. The molecule has 1 aromatic heterocycles. The van der Waals surface area contributed by atoms with Crippen LogP contribution in [0.15, 0.2) is 11.2 Å². The first-order valence-electron chi connectivity index (χ1n) is 11.1. The maximum Gasteiger partial charge on any atom is 0.410 e. The molecule has 1 saturated heterocycles. The lowest BCUT2D eigenvalue weighted by atomic mass is 9.96. The molecule has 178 valence electrons. The fourth-order valence-corrected chi connectivity index (χ4v) is 4.27. The van der Waals surface area contributed by atoms with E-state index in [1.54, 1.807) is 11.3 Å². The van der Waals surface area contributed by atoms with Gasteiger partial charge in [0.05, 0.1) is 5.01 Å². The highest BCUT2D eigenvalue weighted by molar-refractivity contribution is 14.0. The van der Waals surface area contributed by atoms with E-state index >= 15 is 0 Å². The van der Waals surface area contributed by atoms with Gasteiger partial charge in [-0.3, -0.25) is 4.99 Å². The predicted molar refractivity (Wildman–Crippen MR) is 140 cm³/mol. The summed E-state index contributed by atoms with van der Waals surface area (Å²) in [6.45, 7) is 16.9. The number of nitrogens with zero attached hydrogens (tertiary/aromatic N) is 4. The number of amides is 1. The molecule has 1 amide bonds. The van der Waals surface area contributed by atoms with Crippen molar-refractivity contribution in [1.29, 1.82) is 0 Å². The number of likely N-dealkylation sites (tertiary alicyclic amines) is 1. The van der Waals surface area contributed by atoms with Crippen LogP contribution in [0.2, 0.25) is 0 Å². The fourth-order valence-electron chi connectivity index (χ4n) is 3.50. The number of ether oxygens (including phenoxy) is 1. The zero-order valence-corrected chi connectivity index (χ0v) is 23.1. The number of hydrogen-bond donors (Lipinski definition) is 1. The Hall–Kier alpha value is -1.10. The fraction of sp³-hybridized carbons (Fsp3) is 0.773.